The number of aromatic nitrogens is 6. The number of sulfonamides is 1. The lowest BCUT2D eigenvalue weighted by molar-refractivity contribution is 0.521. The summed E-state index contributed by atoms with van der Waals surface area (Å²) in [5.41, 5.74) is 2.73. The molecule has 0 saturated carbocycles. The van der Waals surface area contributed by atoms with E-state index >= 15 is 0 Å². The van der Waals surface area contributed by atoms with Crippen LogP contribution in [0.3, 0.4) is 0 Å². The van der Waals surface area contributed by atoms with Crippen LogP contribution < -0.4 is 14.9 Å². The van der Waals surface area contributed by atoms with E-state index in [1.54, 1.807) is 37.5 Å². The summed E-state index contributed by atoms with van der Waals surface area (Å²) < 4.78 is 55.7. The molecule has 1 aliphatic rings. The minimum atomic E-state index is -4.35. The largest absolute Gasteiger partial charge is 0.365 e. The van der Waals surface area contributed by atoms with E-state index < -0.39 is 26.6 Å². The number of aryl methyl sites for hydroxylation is 1. The van der Waals surface area contributed by atoms with Crippen LogP contribution in [0.1, 0.15) is 18.5 Å². The molecule has 0 amide bonds. The van der Waals surface area contributed by atoms with Crippen LogP contribution in [0.4, 0.5) is 26.1 Å². The number of benzene rings is 1. The Kier molecular flexibility index (Phi) is 7.29. The number of anilines is 3. The first-order valence-corrected chi connectivity index (χ1v) is 14.6. The number of rotatable bonds is 7. The molecule has 1 aromatic carbocycles. The quantitative estimate of drug-likeness (QED) is 0.282. The first-order chi connectivity index (χ1) is 20.3. The smallest absolute Gasteiger partial charge is 0.264 e. The maximum absolute atomic E-state index is 14.2. The van der Waals surface area contributed by atoms with Gasteiger partial charge in [-0.15, -0.1) is 5.10 Å². The van der Waals surface area contributed by atoms with E-state index in [0.717, 1.165) is 43.9 Å². The Labute approximate surface area is 240 Å². The highest BCUT2D eigenvalue weighted by molar-refractivity contribution is 7.92. The summed E-state index contributed by atoms with van der Waals surface area (Å²) in [7, 11) is -4.35. The van der Waals surface area contributed by atoms with Gasteiger partial charge in [0, 0.05) is 43.2 Å². The summed E-state index contributed by atoms with van der Waals surface area (Å²) in [5, 5.41) is 11.7. The van der Waals surface area contributed by atoms with E-state index in [1.165, 1.54) is 6.33 Å². The van der Waals surface area contributed by atoms with Crippen LogP contribution in [-0.4, -0.2) is 57.7 Å². The van der Waals surface area contributed by atoms with Crippen molar-refractivity contribution >= 4 is 38.4 Å². The zero-order chi connectivity index (χ0) is 29.3. The normalized spacial score (nSPS) is 14.2. The third-order valence-electron chi connectivity index (χ3n) is 7.01. The predicted octanol–water partition coefficient (Wildman–Crippen LogP) is 4.35. The van der Waals surface area contributed by atoms with Crippen LogP contribution in [0.15, 0.2) is 72.1 Å². The molecule has 1 aliphatic heterocycles. The number of piperidine rings is 1. The Morgan fingerprint density at radius 3 is 2.60 bits per heavy atom. The maximum atomic E-state index is 14.2. The fourth-order valence-electron chi connectivity index (χ4n) is 4.78. The van der Waals surface area contributed by atoms with Crippen molar-refractivity contribution < 1.29 is 17.2 Å². The van der Waals surface area contributed by atoms with Crippen LogP contribution in [0.25, 0.3) is 22.3 Å². The van der Waals surface area contributed by atoms with Crippen LogP contribution in [0.2, 0.25) is 0 Å². The second kappa shape index (κ2) is 11.2. The molecule has 42 heavy (non-hydrogen) atoms. The molecule has 0 aliphatic carbocycles. The Morgan fingerprint density at radius 1 is 1.00 bits per heavy atom. The van der Waals surface area contributed by atoms with Gasteiger partial charge in [0.05, 0.1) is 22.6 Å². The van der Waals surface area contributed by atoms with Gasteiger partial charge >= 0.3 is 0 Å². The number of hydrogen-bond acceptors (Lipinski definition) is 10. The van der Waals surface area contributed by atoms with Gasteiger partial charge in [0.25, 0.3) is 10.0 Å². The minimum absolute atomic E-state index is 0.135. The molecule has 0 bridgehead atoms. The lowest BCUT2D eigenvalue weighted by atomic mass is 10.0. The number of fused-ring (bicyclic) bond motifs is 1. The number of nitrogens with zero attached hydrogens (tertiary/aromatic N) is 7. The topological polar surface area (TPSA) is 139 Å². The zero-order valence-corrected chi connectivity index (χ0v) is 23.2. The summed E-state index contributed by atoms with van der Waals surface area (Å²) in [4.78, 5) is 19.4. The van der Waals surface area contributed by atoms with Crippen LogP contribution in [0, 0.1) is 18.6 Å². The number of hydrogen-bond donors (Lipinski definition) is 2. The molecule has 5 aromatic rings. The number of pyridine rings is 2. The zero-order valence-electron chi connectivity index (χ0n) is 22.4. The molecule has 0 spiro atoms. The van der Waals surface area contributed by atoms with E-state index in [1.807, 2.05) is 12.1 Å². The number of nitrogens with one attached hydrogen (secondary N) is 2. The highest BCUT2D eigenvalue weighted by Gasteiger charge is 2.23. The van der Waals surface area contributed by atoms with Gasteiger partial charge in [0.1, 0.15) is 28.4 Å². The molecule has 0 atom stereocenters. The number of halogens is 2. The third-order valence-corrected chi connectivity index (χ3v) is 8.41. The van der Waals surface area contributed by atoms with Gasteiger partial charge < -0.3 is 10.2 Å². The van der Waals surface area contributed by atoms with E-state index in [9.17, 15) is 17.2 Å². The van der Waals surface area contributed by atoms with Gasteiger partial charge in [-0.05, 0) is 62.2 Å². The molecule has 0 unspecified atom stereocenters. The average Bonchev–Trinajstić information content (AvgIpc) is 2.99. The standard InChI is InChI=1S/C28H25F2N9O2S/c1-17-24(38-42(40,41)25-7-4-19(29)14-21(25)30)13-18(15-31-17)22-5-6-23-27(36-22)28(33-16-32-23)35-20-8-11-39(12-9-20)26-3-2-10-34-37-26/h2-7,10,13-16,20,38H,8-9,11-12H2,1H3,(H,32,33,35). The van der Waals surface area contributed by atoms with Crippen LogP contribution >= 0.6 is 0 Å². The van der Waals surface area contributed by atoms with E-state index in [2.05, 4.69) is 40.1 Å². The Hall–Kier alpha value is -4.85. The van der Waals surface area contributed by atoms with E-state index in [-0.39, 0.29) is 11.7 Å². The summed E-state index contributed by atoms with van der Waals surface area (Å²) in [5.74, 6) is -0.627. The second-order valence-corrected chi connectivity index (χ2v) is 11.5. The van der Waals surface area contributed by atoms with Gasteiger partial charge in [-0.25, -0.2) is 32.2 Å². The van der Waals surface area contributed by atoms with Crippen LogP contribution in [-0.2, 0) is 10.0 Å². The third kappa shape index (κ3) is 5.65. The summed E-state index contributed by atoms with van der Waals surface area (Å²) in [6.07, 6.45) is 6.43. The summed E-state index contributed by atoms with van der Waals surface area (Å²) in [6, 6.07) is 11.4. The van der Waals surface area contributed by atoms with Crippen molar-refractivity contribution in [3.05, 3.63) is 84.6 Å². The molecule has 4 aromatic heterocycles. The molecule has 1 saturated heterocycles. The fraction of sp³-hybridized carbons (Fsp3) is 0.214. The summed E-state index contributed by atoms with van der Waals surface area (Å²) >= 11 is 0. The molecule has 0 radical (unpaired) electrons. The first-order valence-electron chi connectivity index (χ1n) is 13.1. The van der Waals surface area contributed by atoms with Crippen molar-refractivity contribution in [3.63, 3.8) is 0 Å². The van der Waals surface area contributed by atoms with Crippen molar-refractivity contribution in [3.8, 4) is 11.3 Å². The molecule has 14 heteroatoms. The fourth-order valence-corrected chi connectivity index (χ4v) is 5.95. The SMILES string of the molecule is Cc1ncc(-c2ccc3ncnc(NC4CCN(c5cccnn5)CC4)c3n2)cc1NS(=O)(=O)c1ccc(F)cc1F. The molecule has 11 nitrogen and oxygen atoms in total. The monoisotopic (exact) mass is 589 g/mol. The van der Waals surface area contributed by atoms with Gasteiger partial charge in [-0.1, -0.05) is 0 Å². The Bertz CT molecular complexity index is 1870. The molecular weight excluding hydrogens is 564 g/mol. The Balaban J connectivity index is 1.24. The van der Waals surface area contributed by atoms with E-state index in [0.29, 0.717) is 39.9 Å². The average molecular weight is 590 g/mol. The molecule has 6 rings (SSSR count). The van der Waals surface area contributed by atoms with Crippen molar-refractivity contribution in [1.82, 2.24) is 30.1 Å². The lowest BCUT2D eigenvalue weighted by Crippen LogP contribution is -2.39. The van der Waals surface area contributed by atoms with Crippen molar-refractivity contribution in [2.24, 2.45) is 0 Å². The van der Waals surface area contributed by atoms with Gasteiger partial charge in [-0.3, -0.25) is 9.71 Å². The molecule has 5 heterocycles. The van der Waals surface area contributed by atoms with Crippen molar-refractivity contribution in [1.29, 1.82) is 0 Å². The predicted molar refractivity (Wildman–Crippen MR) is 153 cm³/mol. The molecular formula is C28H25F2N9O2S. The van der Waals surface area contributed by atoms with Crippen molar-refractivity contribution in [2.75, 3.05) is 28.0 Å². The van der Waals surface area contributed by atoms with Gasteiger partial charge in [0.15, 0.2) is 11.6 Å². The minimum Gasteiger partial charge on any atom is -0.365 e. The maximum Gasteiger partial charge on any atom is 0.264 e. The highest BCUT2D eigenvalue weighted by Crippen LogP contribution is 2.29. The van der Waals surface area contributed by atoms with Gasteiger partial charge in [0.2, 0.25) is 0 Å². The van der Waals surface area contributed by atoms with Crippen molar-refractivity contribution in [2.45, 2.75) is 30.7 Å². The first kappa shape index (κ1) is 27.3. The van der Waals surface area contributed by atoms with Gasteiger partial charge in [-0.2, -0.15) is 5.10 Å². The van der Waals surface area contributed by atoms with E-state index in [4.69, 9.17) is 4.98 Å². The summed E-state index contributed by atoms with van der Waals surface area (Å²) in [6.45, 7) is 3.24. The second-order valence-electron chi connectivity index (χ2n) is 9.81. The molecule has 2 N–H and O–H groups in total. The van der Waals surface area contributed by atoms with Crippen LogP contribution in [0.5, 0.6) is 0 Å². The molecule has 1 fully saturated rings. The highest BCUT2D eigenvalue weighted by atomic mass is 32.2. The Morgan fingerprint density at radius 2 is 1.83 bits per heavy atom. The lowest BCUT2D eigenvalue weighted by Gasteiger charge is -2.33. The molecule has 214 valence electrons.